The second-order valence-corrected chi connectivity index (χ2v) is 7.87. The number of fused-ring (bicyclic) bond motifs is 1. The fourth-order valence-corrected chi connectivity index (χ4v) is 4.65. The van der Waals surface area contributed by atoms with E-state index < -0.39 is 0 Å². The van der Waals surface area contributed by atoms with Crippen LogP contribution < -0.4 is 4.90 Å². The maximum Gasteiger partial charge on any atom is 0.287 e. The molecule has 0 unspecified atom stereocenters. The summed E-state index contributed by atoms with van der Waals surface area (Å²) >= 11 is 1.34. The number of likely N-dealkylation sites (tertiary alicyclic amines) is 1. The van der Waals surface area contributed by atoms with Crippen LogP contribution in [-0.2, 0) is 9.59 Å². The minimum atomic E-state index is -0.303. The number of thioether (sulfide) groups is 1. The maximum atomic E-state index is 13.0. The summed E-state index contributed by atoms with van der Waals surface area (Å²) < 4.78 is 0. The number of benzene rings is 1. The van der Waals surface area contributed by atoms with Crippen molar-refractivity contribution in [1.29, 1.82) is 0 Å². The molecule has 3 aliphatic rings. The number of amides is 2. The third-order valence-corrected chi connectivity index (χ3v) is 6.22. The molecular weight excluding hydrogens is 346 g/mol. The molecule has 134 valence electrons. The lowest BCUT2D eigenvalue weighted by Crippen LogP contribution is -2.35. The second kappa shape index (κ2) is 6.76. The first-order valence-electron chi connectivity index (χ1n) is 8.92. The average molecular weight is 367 g/mol. The number of hydrogen-bond donors (Lipinski definition) is 0. The highest BCUT2D eigenvalue weighted by Gasteiger charge is 2.39. The number of para-hydroxylation sites is 1. The van der Waals surface area contributed by atoms with Crippen LogP contribution in [0.3, 0.4) is 0 Å². The van der Waals surface area contributed by atoms with E-state index in [-0.39, 0.29) is 11.8 Å². The molecule has 3 aliphatic heterocycles. The van der Waals surface area contributed by atoms with Gasteiger partial charge in [-0.1, -0.05) is 31.2 Å². The fraction of sp³-hybridized carbons (Fsp3) is 0.350. The SMILES string of the molecule is C=CCN1C(=O)/C(=C2/SC(N3CCC(C)CC3)=NC2=O)c2ccccc21. The molecule has 0 bridgehead atoms. The highest BCUT2D eigenvalue weighted by Crippen LogP contribution is 2.43. The summed E-state index contributed by atoms with van der Waals surface area (Å²) in [7, 11) is 0. The van der Waals surface area contributed by atoms with Crippen molar-refractivity contribution in [3.8, 4) is 0 Å². The summed E-state index contributed by atoms with van der Waals surface area (Å²) in [6.07, 6.45) is 3.91. The van der Waals surface area contributed by atoms with E-state index in [9.17, 15) is 9.59 Å². The maximum absolute atomic E-state index is 13.0. The third kappa shape index (κ3) is 2.78. The Morgan fingerprint density at radius 3 is 2.73 bits per heavy atom. The van der Waals surface area contributed by atoms with Crippen molar-refractivity contribution in [1.82, 2.24) is 4.90 Å². The number of anilines is 1. The predicted molar refractivity (Wildman–Crippen MR) is 106 cm³/mol. The van der Waals surface area contributed by atoms with Crippen LogP contribution in [0.15, 0.2) is 46.8 Å². The number of piperidine rings is 1. The molecule has 0 aromatic heterocycles. The van der Waals surface area contributed by atoms with Gasteiger partial charge in [0, 0.05) is 25.2 Å². The number of carbonyl (C=O) groups is 2. The summed E-state index contributed by atoms with van der Waals surface area (Å²) in [4.78, 5) is 34.2. The fourth-order valence-electron chi connectivity index (χ4n) is 3.60. The first-order chi connectivity index (χ1) is 12.6. The Morgan fingerprint density at radius 1 is 1.27 bits per heavy atom. The lowest BCUT2D eigenvalue weighted by molar-refractivity contribution is -0.115. The number of rotatable bonds is 2. The molecule has 0 saturated carbocycles. The topological polar surface area (TPSA) is 53.0 Å². The molecule has 0 spiro atoms. The molecular formula is C20H21N3O2S. The van der Waals surface area contributed by atoms with Gasteiger partial charge in [-0.25, -0.2) is 0 Å². The number of aliphatic imine (C=N–C) groups is 1. The van der Waals surface area contributed by atoms with Gasteiger partial charge in [0.1, 0.15) is 0 Å². The van der Waals surface area contributed by atoms with E-state index in [0.29, 0.717) is 22.9 Å². The van der Waals surface area contributed by atoms with Crippen LogP contribution in [0.4, 0.5) is 5.69 Å². The molecule has 0 radical (unpaired) electrons. The van der Waals surface area contributed by atoms with E-state index in [1.807, 2.05) is 24.3 Å². The van der Waals surface area contributed by atoms with Crippen LogP contribution in [-0.4, -0.2) is 41.5 Å². The molecule has 26 heavy (non-hydrogen) atoms. The molecule has 4 rings (SSSR count). The number of amidine groups is 1. The first kappa shape index (κ1) is 17.1. The van der Waals surface area contributed by atoms with Crippen molar-refractivity contribution in [3.05, 3.63) is 47.4 Å². The molecule has 0 N–H and O–H groups in total. The Hall–Kier alpha value is -2.34. The van der Waals surface area contributed by atoms with Crippen molar-refractivity contribution < 1.29 is 9.59 Å². The van der Waals surface area contributed by atoms with Crippen LogP contribution in [0.2, 0.25) is 0 Å². The van der Waals surface area contributed by atoms with E-state index in [4.69, 9.17) is 0 Å². The smallest absolute Gasteiger partial charge is 0.287 e. The Bertz CT molecular complexity index is 850. The Kier molecular flexibility index (Phi) is 4.44. The average Bonchev–Trinajstić information content (AvgIpc) is 3.14. The zero-order valence-corrected chi connectivity index (χ0v) is 15.6. The zero-order chi connectivity index (χ0) is 18.3. The Labute approximate surface area is 157 Å². The van der Waals surface area contributed by atoms with Gasteiger partial charge in [-0.3, -0.25) is 9.59 Å². The number of hydrogen-bond acceptors (Lipinski definition) is 4. The Balaban J connectivity index is 1.68. The largest absolute Gasteiger partial charge is 0.351 e. The Morgan fingerprint density at radius 2 is 2.00 bits per heavy atom. The number of carbonyl (C=O) groups excluding carboxylic acids is 2. The number of nitrogens with zero attached hydrogens (tertiary/aromatic N) is 3. The zero-order valence-electron chi connectivity index (χ0n) is 14.8. The van der Waals surface area contributed by atoms with Crippen molar-refractivity contribution in [3.63, 3.8) is 0 Å². The van der Waals surface area contributed by atoms with Crippen molar-refractivity contribution in [2.45, 2.75) is 19.8 Å². The van der Waals surface area contributed by atoms with Gasteiger partial charge in [0.25, 0.3) is 11.8 Å². The molecule has 1 saturated heterocycles. The van der Waals surface area contributed by atoms with E-state index in [2.05, 4.69) is 23.4 Å². The molecule has 1 aromatic carbocycles. The van der Waals surface area contributed by atoms with Gasteiger partial charge in [-0.2, -0.15) is 4.99 Å². The van der Waals surface area contributed by atoms with Crippen molar-refractivity contribution >= 4 is 40.0 Å². The van der Waals surface area contributed by atoms with Crippen molar-refractivity contribution in [2.24, 2.45) is 10.9 Å². The lowest BCUT2D eigenvalue weighted by atomic mass is 10.00. The van der Waals surface area contributed by atoms with Gasteiger partial charge < -0.3 is 9.80 Å². The summed E-state index contributed by atoms with van der Waals surface area (Å²) in [5.41, 5.74) is 2.11. The predicted octanol–water partition coefficient (Wildman–Crippen LogP) is 3.29. The molecule has 5 nitrogen and oxygen atoms in total. The molecule has 6 heteroatoms. The first-order valence-corrected chi connectivity index (χ1v) is 9.74. The second-order valence-electron chi connectivity index (χ2n) is 6.90. The van der Waals surface area contributed by atoms with Gasteiger partial charge in [0.2, 0.25) is 0 Å². The van der Waals surface area contributed by atoms with Crippen LogP contribution in [0, 0.1) is 5.92 Å². The molecule has 1 fully saturated rings. The highest BCUT2D eigenvalue weighted by atomic mass is 32.2. The molecule has 2 amide bonds. The van der Waals surface area contributed by atoms with E-state index in [1.165, 1.54) is 11.8 Å². The summed E-state index contributed by atoms with van der Waals surface area (Å²) in [6, 6.07) is 7.59. The minimum Gasteiger partial charge on any atom is -0.351 e. The minimum absolute atomic E-state index is 0.148. The molecule has 0 aliphatic carbocycles. The van der Waals surface area contributed by atoms with E-state index >= 15 is 0 Å². The summed E-state index contributed by atoms with van der Waals surface area (Å²) in [5, 5.41) is 0.733. The van der Waals surface area contributed by atoms with Crippen LogP contribution in [0.25, 0.3) is 5.57 Å². The van der Waals surface area contributed by atoms with Gasteiger partial charge in [-0.05, 0) is 36.6 Å². The van der Waals surface area contributed by atoms with Gasteiger partial charge >= 0.3 is 0 Å². The highest BCUT2D eigenvalue weighted by molar-refractivity contribution is 8.18. The quantitative estimate of drug-likeness (QED) is 0.595. The lowest BCUT2D eigenvalue weighted by Gasteiger charge is -2.30. The molecule has 1 aromatic rings. The third-order valence-electron chi connectivity index (χ3n) is 5.10. The van der Waals surface area contributed by atoms with Gasteiger partial charge in [-0.15, -0.1) is 6.58 Å². The van der Waals surface area contributed by atoms with Crippen LogP contribution in [0.1, 0.15) is 25.3 Å². The molecule has 3 heterocycles. The van der Waals surface area contributed by atoms with Crippen molar-refractivity contribution in [2.75, 3.05) is 24.5 Å². The summed E-state index contributed by atoms with van der Waals surface area (Å²) in [5.74, 6) is 0.260. The van der Waals surface area contributed by atoms with Gasteiger partial charge in [0.15, 0.2) is 5.17 Å². The molecule has 0 atom stereocenters. The monoisotopic (exact) mass is 367 g/mol. The standard InChI is InChI=1S/C20H21N3O2S/c1-3-10-23-15-7-5-4-6-14(15)16(19(23)25)17-18(24)21-20(26-17)22-11-8-13(2)9-12-22/h3-7,13H,1,8-12H2,2H3/b17-16+. The van der Waals surface area contributed by atoms with E-state index in [1.54, 1.807) is 11.0 Å². The van der Waals surface area contributed by atoms with Gasteiger partial charge in [0.05, 0.1) is 16.2 Å². The summed E-state index contributed by atoms with van der Waals surface area (Å²) in [6.45, 7) is 8.23. The van der Waals surface area contributed by atoms with E-state index in [0.717, 1.165) is 42.3 Å². The normalized spacial score (nSPS) is 23.5. The van der Waals surface area contributed by atoms with Crippen LogP contribution in [0.5, 0.6) is 0 Å². The van der Waals surface area contributed by atoms with Crippen LogP contribution >= 0.6 is 11.8 Å².